The van der Waals surface area contributed by atoms with Gasteiger partial charge >= 0.3 is 6.03 Å². The number of carbonyl (C=O) groups excluding carboxylic acids is 1. The largest absolute Gasteiger partial charge is 0.383 e. The fraction of sp³-hybridized carbons (Fsp3) is 0.333. The second kappa shape index (κ2) is 13.6. The predicted molar refractivity (Wildman–Crippen MR) is 170 cm³/mol. The van der Waals surface area contributed by atoms with E-state index in [1.807, 2.05) is 61.3 Å². The summed E-state index contributed by atoms with van der Waals surface area (Å²) in [5.74, 6) is -1.47. The van der Waals surface area contributed by atoms with E-state index in [1.54, 1.807) is 41.3 Å². The normalized spacial score (nSPS) is 17.3. The van der Waals surface area contributed by atoms with Gasteiger partial charge in [0.15, 0.2) is 11.6 Å². The molecule has 0 radical (unpaired) electrons. The number of carbonyl (C=O) groups is 1. The fourth-order valence-electron chi connectivity index (χ4n) is 6.23. The van der Waals surface area contributed by atoms with Gasteiger partial charge in [-0.05, 0) is 42.7 Å². The highest BCUT2D eigenvalue weighted by Gasteiger charge is 2.37. The molecule has 3 atom stereocenters. The average Bonchev–Trinajstić information content (AvgIpc) is 3.86. The van der Waals surface area contributed by atoms with E-state index < -0.39 is 17.7 Å². The molecule has 1 aliphatic heterocycles. The number of benzene rings is 2. The smallest absolute Gasteiger partial charge is 0.320 e. The molecule has 2 unspecified atom stereocenters. The average molecular weight is 630 g/mol. The zero-order valence-corrected chi connectivity index (χ0v) is 26.0. The number of methoxy groups -OCH3 is 1. The molecule has 2 aromatic carbocycles. The Morgan fingerprint density at radius 2 is 1.96 bits per heavy atom. The van der Waals surface area contributed by atoms with Crippen molar-refractivity contribution in [2.75, 3.05) is 38.7 Å². The minimum atomic E-state index is -0.888. The number of ether oxygens (including phenoxy) is 1. The van der Waals surface area contributed by atoms with Gasteiger partial charge in [-0.25, -0.2) is 23.2 Å². The zero-order chi connectivity index (χ0) is 32.2. The Morgan fingerprint density at radius 1 is 1.13 bits per heavy atom. The van der Waals surface area contributed by atoms with Crippen LogP contribution in [-0.4, -0.2) is 79.4 Å². The third kappa shape index (κ3) is 6.70. The van der Waals surface area contributed by atoms with Crippen molar-refractivity contribution in [1.29, 1.82) is 0 Å². The van der Waals surface area contributed by atoms with Crippen molar-refractivity contribution < 1.29 is 18.3 Å². The first-order chi connectivity index (χ1) is 22.3. The van der Waals surface area contributed by atoms with E-state index in [0.717, 1.165) is 22.9 Å². The molecule has 1 aliphatic rings. The monoisotopic (exact) mass is 629 g/mol. The first-order valence-corrected chi connectivity index (χ1v) is 15.1. The zero-order valence-electron chi connectivity index (χ0n) is 26.0. The number of imidazole rings is 1. The van der Waals surface area contributed by atoms with Gasteiger partial charge in [-0.15, -0.1) is 0 Å². The number of aryl methyl sites for hydroxylation is 1. The molecule has 2 amide bonds. The van der Waals surface area contributed by atoms with E-state index >= 15 is 0 Å². The van der Waals surface area contributed by atoms with Crippen LogP contribution in [-0.2, 0) is 18.3 Å². The summed E-state index contributed by atoms with van der Waals surface area (Å²) in [6.45, 7) is 4.57. The van der Waals surface area contributed by atoms with Gasteiger partial charge in [0, 0.05) is 76.0 Å². The maximum Gasteiger partial charge on any atom is 0.320 e. The van der Waals surface area contributed by atoms with Gasteiger partial charge in [0.05, 0.1) is 30.9 Å². The molecule has 11 nitrogen and oxygen atoms in total. The van der Waals surface area contributed by atoms with Crippen LogP contribution in [0.5, 0.6) is 0 Å². The first kappa shape index (κ1) is 31.1. The minimum Gasteiger partial charge on any atom is -0.383 e. The van der Waals surface area contributed by atoms with Gasteiger partial charge in [-0.1, -0.05) is 24.3 Å². The van der Waals surface area contributed by atoms with Gasteiger partial charge in [0.25, 0.3) is 0 Å². The number of amides is 2. The fourth-order valence-corrected chi connectivity index (χ4v) is 6.23. The Balaban J connectivity index is 1.22. The van der Waals surface area contributed by atoms with Crippen LogP contribution in [0.15, 0.2) is 79.6 Å². The number of hydrogen-bond acceptors (Lipinski definition) is 6. The molecule has 1 saturated heterocycles. The molecule has 6 rings (SSSR count). The molecular weight excluding hydrogens is 592 g/mol. The number of para-hydroxylation sites is 1. The Labute approximate surface area is 265 Å². The minimum absolute atomic E-state index is 0.0135. The van der Waals surface area contributed by atoms with Crippen LogP contribution in [0.3, 0.4) is 0 Å². The van der Waals surface area contributed by atoms with Crippen LogP contribution < -0.4 is 10.6 Å². The van der Waals surface area contributed by atoms with Crippen molar-refractivity contribution in [3.05, 3.63) is 102 Å². The van der Waals surface area contributed by atoms with Crippen LogP contribution in [0.2, 0.25) is 0 Å². The topological polar surface area (TPSA) is 107 Å². The number of nitrogens with one attached hydrogen (secondary N) is 2. The molecule has 4 heterocycles. The Hall–Kier alpha value is -4.88. The summed E-state index contributed by atoms with van der Waals surface area (Å²) in [5.41, 5.74) is 3.81. The number of halogens is 2. The third-order valence-corrected chi connectivity index (χ3v) is 8.56. The molecule has 1 fully saturated rings. The van der Waals surface area contributed by atoms with Crippen LogP contribution in [0.1, 0.15) is 17.0 Å². The standard InChI is InChI=1S/C33H37F2N9O2/c1-22-31(25-15-38-41(2)16-25)40-44(26-7-5-4-6-8-26)32(22)39-33(45)37-14-24-17-43(27(20-46-3)18-42-12-11-36-21-42)19-28(24)23-9-10-29(34)30(35)13-23/h4-13,15-16,21,24,27-28H,14,17-20H2,1-3H3,(H2,37,39,45)/t24?,27?,28-/m0/s1. The summed E-state index contributed by atoms with van der Waals surface area (Å²) in [5, 5.41) is 15.2. The van der Waals surface area contributed by atoms with E-state index in [1.165, 1.54) is 6.07 Å². The highest BCUT2D eigenvalue weighted by molar-refractivity contribution is 5.90. The van der Waals surface area contributed by atoms with Crippen molar-refractivity contribution in [2.24, 2.45) is 13.0 Å². The van der Waals surface area contributed by atoms with Crippen LogP contribution in [0.4, 0.5) is 19.4 Å². The molecule has 0 aliphatic carbocycles. The summed E-state index contributed by atoms with van der Waals surface area (Å²) < 4.78 is 39.2. The van der Waals surface area contributed by atoms with E-state index in [0.29, 0.717) is 49.9 Å². The summed E-state index contributed by atoms with van der Waals surface area (Å²) in [4.78, 5) is 19.9. The van der Waals surface area contributed by atoms with Gasteiger partial charge in [0.2, 0.25) is 0 Å². The molecule has 0 bridgehead atoms. The lowest BCUT2D eigenvalue weighted by Crippen LogP contribution is -2.41. The van der Waals surface area contributed by atoms with Gasteiger partial charge in [-0.2, -0.15) is 10.2 Å². The molecule has 240 valence electrons. The van der Waals surface area contributed by atoms with Crippen LogP contribution >= 0.6 is 0 Å². The quantitative estimate of drug-likeness (QED) is 0.221. The number of urea groups is 1. The Bertz CT molecular complexity index is 1770. The van der Waals surface area contributed by atoms with E-state index in [4.69, 9.17) is 9.84 Å². The number of rotatable bonds is 11. The molecule has 0 spiro atoms. The van der Waals surface area contributed by atoms with Crippen molar-refractivity contribution >= 4 is 11.8 Å². The highest BCUT2D eigenvalue weighted by atomic mass is 19.2. The third-order valence-electron chi connectivity index (χ3n) is 8.56. The first-order valence-electron chi connectivity index (χ1n) is 15.1. The molecule has 3 aromatic heterocycles. The van der Waals surface area contributed by atoms with Crippen molar-refractivity contribution in [3.8, 4) is 16.9 Å². The van der Waals surface area contributed by atoms with Crippen molar-refractivity contribution in [3.63, 3.8) is 0 Å². The molecule has 13 heteroatoms. The SMILES string of the molecule is COCC(Cn1ccnc1)N1CC(CNC(=O)Nc2c(C)c(-c3cnn(C)c3)nn2-c2ccccc2)[C@H](c2ccc(F)c(F)c2)C1. The lowest BCUT2D eigenvalue weighted by molar-refractivity contribution is 0.0921. The number of anilines is 1. The maximum absolute atomic E-state index is 14.4. The number of hydrogen-bond donors (Lipinski definition) is 2. The molecule has 5 aromatic rings. The predicted octanol–water partition coefficient (Wildman–Crippen LogP) is 4.61. The van der Waals surface area contributed by atoms with E-state index in [9.17, 15) is 13.6 Å². The Morgan fingerprint density at radius 3 is 2.65 bits per heavy atom. The summed E-state index contributed by atoms with van der Waals surface area (Å²) in [7, 11) is 3.50. The number of likely N-dealkylation sites (tertiary alicyclic amines) is 1. The van der Waals surface area contributed by atoms with Gasteiger partial charge in [-0.3, -0.25) is 14.9 Å². The van der Waals surface area contributed by atoms with Crippen LogP contribution in [0.25, 0.3) is 16.9 Å². The second-order valence-corrected chi connectivity index (χ2v) is 11.7. The summed E-state index contributed by atoms with van der Waals surface area (Å²) in [6.07, 6.45) is 9.01. The summed E-state index contributed by atoms with van der Waals surface area (Å²) in [6, 6.07) is 13.2. The molecular formula is C33H37F2N9O2. The highest BCUT2D eigenvalue weighted by Crippen LogP contribution is 2.35. The summed E-state index contributed by atoms with van der Waals surface area (Å²) >= 11 is 0. The lowest BCUT2D eigenvalue weighted by atomic mass is 9.89. The van der Waals surface area contributed by atoms with Gasteiger partial charge < -0.3 is 14.6 Å². The molecule has 0 saturated carbocycles. The number of nitrogens with zero attached hydrogens (tertiary/aromatic N) is 7. The Kier molecular flexibility index (Phi) is 9.22. The van der Waals surface area contributed by atoms with Crippen molar-refractivity contribution in [1.82, 2.24) is 39.3 Å². The second-order valence-electron chi connectivity index (χ2n) is 11.7. The maximum atomic E-state index is 14.4. The van der Waals surface area contributed by atoms with Crippen LogP contribution in [0, 0.1) is 24.5 Å². The van der Waals surface area contributed by atoms with E-state index in [-0.39, 0.29) is 17.9 Å². The van der Waals surface area contributed by atoms with Gasteiger partial charge in [0.1, 0.15) is 11.5 Å². The van der Waals surface area contributed by atoms with Crippen molar-refractivity contribution in [2.45, 2.75) is 25.4 Å². The lowest BCUT2D eigenvalue weighted by Gasteiger charge is -2.27. The molecule has 46 heavy (non-hydrogen) atoms. The van der Waals surface area contributed by atoms with E-state index in [2.05, 4.69) is 25.6 Å². The number of aromatic nitrogens is 6. The molecule has 2 N–H and O–H groups in total.